The Morgan fingerprint density at radius 1 is 1.83 bits per heavy atom. The topological polar surface area (TPSA) is 29.4 Å². The Hall–Kier alpha value is -0.880. The summed E-state index contributed by atoms with van der Waals surface area (Å²) in [4.78, 5) is 12.3. The minimum Gasteiger partial charge on any atom is -0.211 e. The number of nitrogens with zero attached hydrogens (tertiary/aromatic N) is 1. The summed E-state index contributed by atoms with van der Waals surface area (Å²) in [5, 5.41) is 0. The van der Waals surface area contributed by atoms with Crippen molar-refractivity contribution in [3.05, 3.63) is 12.3 Å². The van der Waals surface area contributed by atoms with E-state index >= 15 is 0 Å². The Morgan fingerprint density at radius 3 is 2.67 bits per heavy atom. The van der Waals surface area contributed by atoms with Gasteiger partial charge in [-0.1, -0.05) is 6.08 Å². The number of isocyanates is 1. The van der Waals surface area contributed by atoms with Crippen molar-refractivity contribution in [2.45, 2.75) is 6.92 Å². The standard InChI is InChI=1S/C4H5NO/c1-2-3-5-4-6/h2-3H,1H3/b3-2-. The molecule has 0 aromatic rings. The lowest BCUT2D eigenvalue weighted by Crippen LogP contribution is -1.42. The number of allylic oxidation sites excluding steroid dienone is 1. The average molecular weight is 83.1 g/mol. The molecule has 32 valence electrons. The van der Waals surface area contributed by atoms with Crippen molar-refractivity contribution in [1.82, 2.24) is 0 Å². The largest absolute Gasteiger partial charge is 0.239 e. The van der Waals surface area contributed by atoms with Gasteiger partial charge in [-0.05, 0) is 6.92 Å². The molecule has 0 amide bonds. The van der Waals surface area contributed by atoms with Gasteiger partial charge in [-0.15, -0.1) is 0 Å². The maximum Gasteiger partial charge on any atom is 0.239 e. The molecule has 0 aliphatic heterocycles. The fourth-order valence-electron chi connectivity index (χ4n) is 0.105. The number of rotatable bonds is 1. The van der Waals surface area contributed by atoms with E-state index in [1.807, 2.05) is 0 Å². The molecule has 0 aliphatic rings. The highest BCUT2D eigenvalue weighted by Gasteiger charge is 1.48. The van der Waals surface area contributed by atoms with Gasteiger partial charge in [-0.3, -0.25) is 0 Å². The Kier molecular flexibility index (Phi) is 3.52. The zero-order valence-corrected chi connectivity index (χ0v) is 3.51. The maximum absolute atomic E-state index is 9.22. The van der Waals surface area contributed by atoms with Gasteiger partial charge < -0.3 is 0 Å². The molecule has 0 heterocycles. The Balaban J connectivity index is 3.33. The van der Waals surface area contributed by atoms with Crippen molar-refractivity contribution >= 4 is 6.08 Å². The molecule has 0 N–H and O–H groups in total. The lowest BCUT2D eigenvalue weighted by molar-refractivity contribution is 0.565. The third kappa shape index (κ3) is 3.12. The quantitative estimate of drug-likeness (QED) is 0.341. The van der Waals surface area contributed by atoms with E-state index in [1.165, 1.54) is 12.3 Å². The van der Waals surface area contributed by atoms with Crippen LogP contribution in [0.2, 0.25) is 0 Å². The van der Waals surface area contributed by atoms with Crippen LogP contribution >= 0.6 is 0 Å². The molecule has 2 nitrogen and oxygen atoms in total. The van der Waals surface area contributed by atoms with E-state index in [2.05, 4.69) is 4.99 Å². The minimum absolute atomic E-state index is 1.36. The third-order valence-electron chi connectivity index (χ3n) is 0.276. The van der Waals surface area contributed by atoms with Gasteiger partial charge in [0.1, 0.15) is 0 Å². The van der Waals surface area contributed by atoms with Crippen LogP contribution in [0.15, 0.2) is 17.3 Å². The summed E-state index contributed by atoms with van der Waals surface area (Å²) in [6.07, 6.45) is 4.40. The van der Waals surface area contributed by atoms with Crippen LogP contribution in [0.1, 0.15) is 6.92 Å². The van der Waals surface area contributed by atoms with Crippen LogP contribution in [-0.2, 0) is 4.79 Å². The van der Waals surface area contributed by atoms with Crippen LogP contribution < -0.4 is 0 Å². The van der Waals surface area contributed by atoms with E-state index in [0.717, 1.165) is 0 Å². The second-order valence-electron chi connectivity index (χ2n) is 0.703. The molecule has 0 saturated carbocycles. The van der Waals surface area contributed by atoms with Gasteiger partial charge >= 0.3 is 0 Å². The summed E-state index contributed by atoms with van der Waals surface area (Å²) < 4.78 is 0. The van der Waals surface area contributed by atoms with Gasteiger partial charge in [0.2, 0.25) is 6.08 Å². The first-order chi connectivity index (χ1) is 2.91. The Labute approximate surface area is 36.2 Å². The number of hydrogen-bond acceptors (Lipinski definition) is 2. The van der Waals surface area contributed by atoms with Crippen LogP contribution in [0.25, 0.3) is 0 Å². The van der Waals surface area contributed by atoms with Crippen LogP contribution in [0.4, 0.5) is 0 Å². The van der Waals surface area contributed by atoms with E-state index in [-0.39, 0.29) is 0 Å². The maximum atomic E-state index is 9.22. The summed E-state index contributed by atoms with van der Waals surface area (Å²) in [5.74, 6) is 0. The van der Waals surface area contributed by atoms with E-state index in [0.29, 0.717) is 0 Å². The summed E-state index contributed by atoms with van der Waals surface area (Å²) >= 11 is 0. The van der Waals surface area contributed by atoms with E-state index < -0.39 is 0 Å². The molecule has 0 radical (unpaired) electrons. The third-order valence-corrected chi connectivity index (χ3v) is 0.276. The van der Waals surface area contributed by atoms with Gasteiger partial charge in [-0.25, -0.2) is 4.79 Å². The van der Waals surface area contributed by atoms with E-state index in [9.17, 15) is 4.79 Å². The van der Waals surface area contributed by atoms with Crippen molar-refractivity contribution in [2.75, 3.05) is 0 Å². The monoisotopic (exact) mass is 83.0 g/mol. The van der Waals surface area contributed by atoms with Gasteiger partial charge in [0.25, 0.3) is 0 Å². The lowest BCUT2D eigenvalue weighted by atomic mass is 10.7. The zero-order valence-electron chi connectivity index (χ0n) is 3.51. The van der Waals surface area contributed by atoms with Crippen LogP contribution in [0, 0.1) is 0 Å². The highest BCUT2D eigenvalue weighted by Crippen LogP contribution is 1.64. The molecule has 0 atom stereocenters. The normalized spacial score (nSPS) is 8.17. The lowest BCUT2D eigenvalue weighted by Gasteiger charge is -1.55. The molecule has 0 aromatic heterocycles. The molecule has 0 aliphatic carbocycles. The van der Waals surface area contributed by atoms with Crippen LogP contribution in [0.3, 0.4) is 0 Å². The highest BCUT2D eigenvalue weighted by molar-refractivity contribution is 5.34. The fraction of sp³-hybridized carbons (Fsp3) is 0.250. The molecular formula is C4H5NO. The van der Waals surface area contributed by atoms with Crippen LogP contribution in [-0.4, -0.2) is 6.08 Å². The van der Waals surface area contributed by atoms with Gasteiger partial charge in [-0.2, -0.15) is 4.99 Å². The molecule has 2 heteroatoms. The SMILES string of the molecule is C/C=C\N=C=O. The molecule has 0 unspecified atom stereocenters. The first kappa shape index (κ1) is 5.12. The van der Waals surface area contributed by atoms with Crippen LogP contribution in [0.5, 0.6) is 0 Å². The van der Waals surface area contributed by atoms with Crippen molar-refractivity contribution in [1.29, 1.82) is 0 Å². The number of carbonyl (C=O) groups excluding carboxylic acids is 1. The first-order valence-corrected chi connectivity index (χ1v) is 1.60. The molecule has 0 rings (SSSR count). The van der Waals surface area contributed by atoms with E-state index in [1.54, 1.807) is 13.0 Å². The molecule has 0 aromatic carbocycles. The smallest absolute Gasteiger partial charge is 0.211 e. The molecular weight excluding hydrogens is 78.0 g/mol. The molecule has 0 bridgehead atoms. The Morgan fingerprint density at radius 2 is 2.50 bits per heavy atom. The zero-order chi connectivity index (χ0) is 4.83. The van der Waals surface area contributed by atoms with Gasteiger partial charge in [0.05, 0.1) is 0 Å². The minimum atomic E-state index is 1.36. The number of hydrogen-bond donors (Lipinski definition) is 0. The van der Waals surface area contributed by atoms with Crippen molar-refractivity contribution < 1.29 is 4.79 Å². The summed E-state index contributed by atoms with van der Waals surface area (Å²) in [6.45, 7) is 1.78. The predicted molar refractivity (Wildman–Crippen MR) is 22.9 cm³/mol. The van der Waals surface area contributed by atoms with Gasteiger partial charge in [0, 0.05) is 6.20 Å². The van der Waals surface area contributed by atoms with E-state index in [4.69, 9.17) is 0 Å². The summed E-state index contributed by atoms with van der Waals surface area (Å²) in [7, 11) is 0. The molecule has 0 fully saturated rings. The molecule has 0 spiro atoms. The summed E-state index contributed by atoms with van der Waals surface area (Å²) in [5.41, 5.74) is 0. The first-order valence-electron chi connectivity index (χ1n) is 1.60. The van der Waals surface area contributed by atoms with Crippen molar-refractivity contribution in [3.63, 3.8) is 0 Å². The second kappa shape index (κ2) is 4.12. The number of aliphatic imine (C=N–C) groups is 1. The van der Waals surface area contributed by atoms with Gasteiger partial charge in [0.15, 0.2) is 0 Å². The Bertz CT molecular complexity index is 89.7. The average Bonchev–Trinajstić information content (AvgIpc) is 1.61. The predicted octanol–water partition coefficient (Wildman–Crippen LogP) is 0.856. The fourth-order valence-corrected chi connectivity index (χ4v) is 0.105. The molecule has 6 heavy (non-hydrogen) atoms. The van der Waals surface area contributed by atoms with Crippen molar-refractivity contribution in [2.24, 2.45) is 4.99 Å². The second-order valence-corrected chi connectivity index (χ2v) is 0.703. The van der Waals surface area contributed by atoms with Crippen molar-refractivity contribution in [3.8, 4) is 0 Å². The molecule has 0 saturated heterocycles. The summed E-state index contributed by atoms with van der Waals surface area (Å²) in [6, 6.07) is 0. The highest BCUT2D eigenvalue weighted by atomic mass is 16.1.